The summed E-state index contributed by atoms with van der Waals surface area (Å²) in [4.78, 5) is 17.2. The minimum atomic E-state index is -3.50. The first-order valence-corrected chi connectivity index (χ1v) is 13.2. The summed E-state index contributed by atoms with van der Waals surface area (Å²) < 4.78 is 40.1. The lowest BCUT2D eigenvalue weighted by Gasteiger charge is -2.39. The molecule has 9 heteroatoms. The molecule has 178 valence electrons. The third-order valence-corrected chi connectivity index (χ3v) is 8.65. The van der Waals surface area contributed by atoms with E-state index in [1.165, 1.54) is 28.6 Å². The molecule has 2 aliphatic rings. The lowest BCUT2D eigenvalue weighted by atomic mass is 9.96. The van der Waals surface area contributed by atoms with Gasteiger partial charge >= 0.3 is 0 Å². The molecule has 2 aromatic carbocycles. The zero-order valence-corrected chi connectivity index (χ0v) is 20.3. The van der Waals surface area contributed by atoms with Gasteiger partial charge in [-0.2, -0.15) is 0 Å². The van der Waals surface area contributed by atoms with Crippen LogP contribution in [-0.2, 0) is 20.6 Å². The largest absolute Gasteiger partial charge is 0.368 e. The molecule has 2 aliphatic heterocycles. The number of anilines is 1. The second-order valence-electron chi connectivity index (χ2n) is 8.80. The molecule has 0 spiro atoms. The average Bonchev–Trinajstić information content (AvgIpc) is 2.82. The lowest BCUT2D eigenvalue weighted by molar-refractivity contribution is -0.137. The molecule has 2 heterocycles. The Balaban J connectivity index is 1.29. The Morgan fingerprint density at radius 2 is 1.64 bits per heavy atom. The number of hydrogen-bond acceptors (Lipinski definition) is 4. The number of aryl methyl sites for hydroxylation is 1. The van der Waals surface area contributed by atoms with E-state index < -0.39 is 10.0 Å². The molecule has 0 saturated carbocycles. The molecule has 2 aromatic rings. The van der Waals surface area contributed by atoms with Crippen molar-refractivity contribution in [1.82, 2.24) is 9.21 Å². The number of piperazine rings is 1. The molecule has 4 rings (SSSR count). The number of sulfonamides is 1. The maximum atomic E-state index is 13.1. The van der Waals surface area contributed by atoms with Gasteiger partial charge in [-0.25, -0.2) is 17.1 Å². The summed E-state index contributed by atoms with van der Waals surface area (Å²) >= 11 is 6.16. The smallest absolute Gasteiger partial charge is 0.225 e. The molecule has 0 aromatic heterocycles. The Morgan fingerprint density at radius 1 is 1.00 bits per heavy atom. The van der Waals surface area contributed by atoms with Gasteiger partial charge in [-0.15, -0.1) is 0 Å². The molecular formula is C24H29ClFN3O3S. The van der Waals surface area contributed by atoms with Gasteiger partial charge in [-0.1, -0.05) is 29.8 Å². The molecule has 0 N–H and O–H groups in total. The Kier molecular flexibility index (Phi) is 7.26. The normalized spacial score (nSPS) is 18.5. The summed E-state index contributed by atoms with van der Waals surface area (Å²) in [6.07, 6.45) is 1.05. The van der Waals surface area contributed by atoms with Crippen LogP contribution in [-0.4, -0.2) is 62.8 Å². The summed E-state index contributed by atoms with van der Waals surface area (Å²) in [6.45, 7) is 5.52. The average molecular weight is 494 g/mol. The number of rotatable bonds is 5. The van der Waals surface area contributed by atoms with Crippen LogP contribution < -0.4 is 4.90 Å². The number of piperidine rings is 1. The molecule has 33 heavy (non-hydrogen) atoms. The number of carbonyl (C=O) groups is 1. The first-order valence-electron chi connectivity index (χ1n) is 11.2. The van der Waals surface area contributed by atoms with Crippen LogP contribution >= 0.6 is 11.6 Å². The van der Waals surface area contributed by atoms with E-state index in [0.717, 1.165) is 24.3 Å². The molecule has 0 bridgehead atoms. The van der Waals surface area contributed by atoms with Gasteiger partial charge in [0.25, 0.3) is 0 Å². The van der Waals surface area contributed by atoms with Crippen molar-refractivity contribution in [3.63, 3.8) is 0 Å². The third-order valence-electron chi connectivity index (χ3n) is 6.56. The van der Waals surface area contributed by atoms with Crippen LogP contribution in [0, 0.1) is 18.7 Å². The molecular weight excluding hydrogens is 465 g/mol. The van der Waals surface area contributed by atoms with E-state index in [-0.39, 0.29) is 23.4 Å². The quantitative estimate of drug-likeness (QED) is 0.637. The number of amides is 1. The van der Waals surface area contributed by atoms with Crippen LogP contribution in [0.15, 0.2) is 42.5 Å². The predicted molar refractivity (Wildman–Crippen MR) is 128 cm³/mol. The van der Waals surface area contributed by atoms with Crippen LogP contribution in [0.25, 0.3) is 0 Å². The summed E-state index contributed by atoms with van der Waals surface area (Å²) in [5, 5.41) is 0.704. The van der Waals surface area contributed by atoms with E-state index >= 15 is 0 Å². The highest BCUT2D eigenvalue weighted by atomic mass is 35.5. The van der Waals surface area contributed by atoms with Crippen molar-refractivity contribution >= 4 is 33.2 Å². The van der Waals surface area contributed by atoms with Crippen molar-refractivity contribution in [3.8, 4) is 0 Å². The SMILES string of the molecule is Cc1ccc(Cl)cc1N1CCN(C(=O)C2CCN(S(=O)(=O)Cc3ccc(F)cc3)CC2)CC1. The lowest BCUT2D eigenvalue weighted by Crippen LogP contribution is -2.52. The van der Waals surface area contributed by atoms with Crippen molar-refractivity contribution in [2.24, 2.45) is 5.92 Å². The predicted octanol–water partition coefficient (Wildman–Crippen LogP) is 3.68. The fraction of sp³-hybridized carbons (Fsp3) is 0.458. The van der Waals surface area contributed by atoms with Crippen LogP contribution in [0.1, 0.15) is 24.0 Å². The van der Waals surface area contributed by atoms with E-state index in [1.807, 2.05) is 23.1 Å². The minimum Gasteiger partial charge on any atom is -0.368 e. The first kappa shape index (κ1) is 24.0. The highest BCUT2D eigenvalue weighted by molar-refractivity contribution is 7.88. The van der Waals surface area contributed by atoms with Gasteiger partial charge in [-0.05, 0) is 55.2 Å². The molecule has 0 atom stereocenters. The molecule has 2 fully saturated rings. The van der Waals surface area contributed by atoms with Gasteiger partial charge in [0.2, 0.25) is 15.9 Å². The van der Waals surface area contributed by atoms with Crippen molar-refractivity contribution in [3.05, 3.63) is 64.4 Å². The summed E-state index contributed by atoms with van der Waals surface area (Å²) in [5.41, 5.74) is 2.82. The van der Waals surface area contributed by atoms with Crippen molar-refractivity contribution in [2.45, 2.75) is 25.5 Å². The molecule has 0 aliphatic carbocycles. The number of nitrogens with zero attached hydrogens (tertiary/aromatic N) is 3. The van der Waals surface area contributed by atoms with E-state index in [2.05, 4.69) is 11.8 Å². The van der Waals surface area contributed by atoms with Gasteiger partial charge in [-0.3, -0.25) is 4.79 Å². The highest BCUT2D eigenvalue weighted by Gasteiger charge is 2.34. The Morgan fingerprint density at radius 3 is 2.27 bits per heavy atom. The number of hydrogen-bond donors (Lipinski definition) is 0. The Bertz CT molecular complexity index is 1090. The Hall–Kier alpha value is -2.16. The fourth-order valence-electron chi connectivity index (χ4n) is 4.61. The number of carbonyl (C=O) groups excluding carboxylic acids is 1. The third kappa shape index (κ3) is 5.67. The van der Waals surface area contributed by atoms with Gasteiger partial charge in [0.1, 0.15) is 5.82 Å². The van der Waals surface area contributed by atoms with Gasteiger partial charge < -0.3 is 9.80 Å². The molecule has 0 unspecified atom stereocenters. The summed E-state index contributed by atoms with van der Waals surface area (Å²) in [7, 11) is -3.50. The van der Waals surface area contributed by atoms with Crippen molar-refractivity contribution in [1.29, 1.82) is 0 Å². The van der Waals surface area contributed by atoms with Crippen LogP contribution in [0.3, 0.4) is 0 Å². The minimum absolute atomic E-state index is 0.119. The molecule has 0 radical (unpaired) electrons. The van der Waals surface area contributed by atoms with Crippen LogP contribution in [0.2, 0.25) is 5.02 Å². The van der Waals surface area contributed by atoms with Crippen LogP contribution in [0.5, 0.6) is 0 Å². The molecule has 1 amide bonds. The van der Waals surface area contributed by atoms with Gasteiger partial charge in [0, 0.05) is 55.9 Å². The maximum Gasteiger partial charge on any atom is 0.225 e. The number of benzene rings is 2. The fourth-order valence-corrected chi connectivity index (χ4v) is 6.34. The molecule has 2 saturated heterocycles. The van der Waals surface area contributed by atoms with E-state index in [4.69, 9.17) is 11.6 Å². The zero-order chi connectivity index (χ0) is 23.6. The zero-order valence-electron chi connectivity index (χ0n) is 18.7. The standard InChI is InChI=1S/C24H29ClFN3O3S/c1-18-2-5-21(25)16-23(18)27-12-14-28(15-13-27)24(30)20-8-10-29(11-9-20)33(31,32)17-19-3-6-22(26)7-4-19/h2-7,16,20H,8-15,17H2,1H3. The second kappa shape index (κ2) is 9.99. The topological polar surface area (TPSA) is 60.9 Å². The van der Waals surface area contributed by atoms with E-state index in [0.29, 0.717) is 49.6 Å². The van der Waals surface area contributed by atoms with Gasteiger partial charge in [0.15, 0.2) is 0 Å². The van der Waals surface area contributed by atoms with E-state index in [1.54, 1.807) is 0 Å². The monoisotopic (exact) mass is 493 g/mol. The first-order chi connectivity index (χ1) is 15.7. The summed E-state index contributed by atoms with van der Waals surface area (Å²) in [5.74, 6) is -0.578. The van der Waals surface area contributed by atoms with Gasteiger partial charge in [0.05, 0.1) is 5.75 Å². The highest BCUT2D eigenvalue weighted by Crippen LogP contribution is 2.27. The molecule has 6 nitrogen and oxygen atoms in total. The second-order valence-corrected chi connectivity index (χ2v) is 11.2. The van der Waals surface area contributed by atoms with E-state index in [9.17, 15) is 17.6 Å². The summed E-state index contributed by atoms with van der Waals surface area (Å²) in [6, 6.07) is 11.4. The maximum absolute atomic E-state index is 13.1. The van der Waals surface area contributed by atoms with Crippen molar-refractivity contribution in [2.75, 3.05) is 44.2 Å². The van der Waals surface area contributed by atoms with Crippen molar-refractivity contribution < 1.29 is 17.6 Å². The Labute approximate surface area is 200 Å². The number of halogens is 2. The van der Waals surface area contributed by atoms with Crippen LogP contribution in [0.4, 0.5) is 10.1 Å².